The Morgan fingerprint density at radius 1 is 1.00 bits per heavy atom. The van der Waals surface area contributed by atoms with Crippen LogP contribution < -0.4 is 14.2 Å². The van der Waals surface area contributed by atoms with Crippen LogP contribution in [0.15, 0.2) is 36.4 Å². The van der Waals surface area contributed by atoms with Gasteiger partial charge in [0, 0.05) is 11.6 Å². The molecule has 7 nitrogen and oxygen atoms in total. The van der Waals surface area contributed by atoms with Gasteiger partial charge in [0.1, 0.15) is 13.2 Å². The van der Waals surface area contributed by atoms with Gasteiger partial charge in [0.25, 0.3) is 11.8 Å². The summed E-state index contributed by atoms with van der Waals surface area (Å²) in [6.45, 7) is 0.834. The molecular formula is C24H22N2O5. The van der Waals surface area contributed by atoms with E-state index in [1.54, 1.807) is 37.4 Å². The van der Waals surface area contributed by atoms with Crippen molar-refractivity contribution in [3.05, 3.63) is 53.1 Å². The number of ether oxygens (including phenoxy) is 3. The Morgan fingerprint density at radius 3 is 2.19 bits per heavy atom. The molecule has 0 N–H and O–H groups in total. The summed E-state index contributed by atoms with van der Waals surface area (Å²) in [6, 6.07) is 12.9. The van der Waals surface area contributed by atoms with Crippen LogP contribution in [0.3, 0.4) is 0 Å². The quantitative estimate of drug-likeness (QED) is 0.709. The van der Waals surface area contributed by atoms with Gasteiger partial charge >= 0.3 is 0 Å². The molecule has 0 saturated heterocycles. The molecule has 1 aliphatic carbocycles. The Balaban J connectivity index is 1.43. The predicted octanol–water partition coefficient (Wildman–Crippen LogP) is 3.47. The van der Waals surface area contributed by atoms with Crippen LogP contribution in [-0.4, -0.2) is 43.1 Å². The number of fused-ring (bicyclic) bond motifs is 2. The molecule has 0 unspecified atom stereocenters. The summed E-state index contributed by atoms with van der Waals surface area (Å²) in [5.74, 6) is 1.18. The largest absolute Gasteiger partial charge is 0.493 e. The SMILES string of the molecule is COc1ccc(C2(C#N)CCC(N3C(=O)c4ccccc4C3=O)CC2)c2c1OCCO2. The molecule has 0 atom stereocenters. The molecule has 3 aliphatic rings. The maximum atomic E-state index is 12.9. The molecule has 1 saturated carbocycles. The van der Waals surface area contributed by atoms with Crippen molar-refractivity contribution in [1.82, 2.24) is 4.90 Å². The second kappa shape index (κ2) is 7.31. The Hall–Kier alpha value is -3.53. The number of hydrogen-bond acceptors (Lipinski definition) is 6. The van der Waals surface area contributed by atoms with E-state index in [1.165, 1.54) is 4.90 Å². The first-order valence-corrected chi connectivity index (χ1v) is 10.4. The Bertz CT molecular complexity index is 1080. The average Bonchev–Trinajstić information content (AvgIpc) is 3.08. The third-order valence-corrected chi connectivity index (χ3v) is 6.60. The van der Waals surface area contributed by atoms with Crippen LogP contribution in [0.1, 0.15) is 52.0 Å². The fourth-order valence-electron chi connectivity index (χ4n) is 4.98. The Labute approximate surface area is 180 Å². The fraction of sp³-hybridized carbons (Fsp3) is 0.375. The zero-order valence-corrected chi connectivity index (χ0v) is 17.2. The molecule has 7 heteroatoms. The highest BCUT2D eigenvalue weighted by molar-refractivity contribution is 6.21. The van der Waals surface area contributed by atoms with Crippen LogP contribution in [0.2, 0.25) is 0 Å². The van der Waals surface area contributed by atoms with Gasteiger partial charge in [0.2, 0.25) is 5.75 Å². The summed E-state index contributed by atoms with van der Waals surface area (Å²) in [6.07, 6.45) is 2.15. The van der Waals surface area contributed by atoms with Crippen molar-refractivity contribution in [2.75, 3.05) is 20.3 Å². The van der Waals surface area contributed by atoms with E-state index < -0.39 is 5.41 Å². The second-order valence-electron chi connectivity index (χ2n) is 8.12. The number of carbonyl (C=O) groups excluding carboxylic acids is 2. The zero-order chi connectivity index (χ0) is 21.6. The topological polar surface area (TPSA) is 88.9 Å². The highest BCUT2D eigenvalue weighted by atomic mass is 16.6. The van der Waals surface area contributed by atoms with E-state index in [0.717, 1.165) is 5.56 Å². The zero-order valence-electron chi connectivity index (χ0n) is 17.2. The van der Waals surface area contributed by atoms with Crippen LogP contribution in [-0.2, 0) is 5.41 Å². The van der Waals surface area contributed by atoms with E-state index in [1.807, 2.05) is 6.07 Å². The molecule has 1 fully saturated rings. The smallest absolute Gasteiger partial charge is 0.261 e. The number of nitrogens with zero attached hydrogens (tertiary/aromatic N) is 2. The highest BCUT2D eigenvalue weighted by Gasteiger charge is 2.46. The second-order valence-corrected chi connectivity index (χ2v) is 8.12. The molecule has 2 aromatic carbocycles. The van der Waals surface area contributed by atoms with Gasteiger partial charge in [-0.3, -0.25) is 14.5 Å². The molecule has 0 bridgehead atoms. The lowest BCUT2D eigenvalue weighted by Gasteiger charge is -2.39. The van der Waals surface area contributed by atoms with E-state index in [0.29, 0.717) is 67.3 Å². The number of methoxy groups -OCH3 is 1. The normalized spacial score (nSPS) is 24.5. The fourth-order valence-corrected chi connectivity index (χ4v) is 4.98. The maximum absolute atomic E-state index is 12.9. The van der Waals surface area contributed by atoms with Crippen molar-refractivity contribution in [1.29, 1.82) is 5.26 Å². The molecule has 2 aliphatic heterocycles. The van der Waals surface area contributed by atoms with Gasteiger partial charge in [-0.25, -0.2) is 0 Å². The van der Waals surface area contributed by atoms with Crippen LogP contribution in [0.4, 0.5) is 0 Å². The number of amides is 2. The van der Waals surface area contributed by atoms with Crippen molar-refractivity contribution in [3.8, 4) is 23.3 Å². The first-order valence-electron chi connectivity index (χ1n) is 10.4. The minimum absolute atomic E-state index is 0.222. The summed E-state index contributed by atoms with van der Waals surface area (Å²) >= 11 is 0. The summed E-state index contributed by atoms with van der Waals surface area (Å²) in [7, 11) is 1.57. The lowest BCUT2D eigenvalue weighted by Crippen LogP contribution is -2.45. The minimum atomic E-state index is -0.772. The number of nitriles is 1. The standard InChI is InChI=1S/C24H22N2O5/c1-29-19-7-6-18(20-21(19)31-13-12-30-20)24(14-25)10-8-15(9-11-24)26-22(27)16-4-2-3-5-17(16)23(26)28/h2-7,15H,8-13H2,1H3. The van der Waals surface area contributed by atoms with Gasteiger partial charge in [0.15, 0.2) is 11.5 Å². The Morgan fingerprint density at radius 2 is 1.61 bits per heavy atom. The first kappa shape index (κ1) is 19.4. The van der Waals surface area contributed by atoms with E-state index >= 15 is 0 Å². The third-order valence-electron chi connectivity index (χ3n) is 6.60. The molecule has 0 aromatic heterocycles. The van der Waals surface area contributed by atoms with Gasteiger partial charge in [-0.05, 0) is 49.9 Å². The van der Waals surface area contributed by atoms with E-state index in [4.69, 9.17) is 14.2 Å². The van der Waals surface area contributed by atoms with Crippen molar-refractivity contribution < 1.29 is 23.8 Å². The summed E-state index contributed by atoms with van der Waals surface area (Å²) < 4.78 is 17.1. The minimum Gasteiger partial charge on any atom is -0.493 e. The number of carbonyl (C=O) groups is 2. The van der Waals surface area contributed by atoms with Gasteiger partial charge in [-0.2, -0.15) is 5.26 Å². The molecule has 2 heterocycles. The van der Waals surface area contributed by atoms with Crippen LogP contribution in [0.25, 0.3) is 0 Å². The first-order chi connectivity index (χ1) is 15.1. The van der Waals surface area contributed by atoms with Gasteiger partial charge in [0.05, 0.1) is 29.7 Å². The van der Waals surface area contributed by atoms with Crippen molar-refractivity contribution >= 4 is 11.8 Å². The molecule has 0 radical (unpaired) electrons. The van der Waals surface area contributed by atoms with Crippen LogP contribution >= 0.6 is 0 Å². The summed E-state index contributed by atoms with van der Waals surface area (Å²) in [5, 5.41) is 10.2. The van der Waals surface area contributed by atoms with Crippen molar-refractivity contribution in [3.63, 3.8) is 0 Å². The highest BCUT2D eigenvalue weighted by Crippen LogP contribution is 2.51. The lowest BCUT2D eigenvalue weighted by atomic mass is 9.68. The predicted molar refractivity (Wildman–Crippen MR) is 110 cm³/mol. The molecule has 2 aromatic rings. The van der Waals surface area contributed by atoms with Gasteiger partial charge in [-0.15, -0.1) is 0 Å². The van der Waals surface area contributed by atoms with Crippen LogP contribution in [0, 0.1) is 11.3 Å². The van der Waals surface area contributed by atoms with Crippen molar-refractivity contribution in [2.45, 2.75) is 37.1 Å². The lowest BCUT2D eigenvalue weighted by molar-refractivity contribution is 0.0529. The summed E-state index contributed by atoms with van der Waals surface area (Å²) in [5.41, 5.74) is 0.928. The molecular weight excluding hydrogens is 396 g/mol. The number of benzene rings is 2. The number of hydrogen-bond donors (Lipinski definition) is 0. The third kappa shape index (κ3) is 2.86. The number of imide groups is 1. The molecule has 5 rings (SSSR count). The Kier molecular flexibility index (Phi) is 4.58. The van der Waals surface area contributed by atoms with Crippen LogP contribution in [0.5, 0.6) is 17.2 Å². The maximum Gasteiger partial charge on any atom is 0.261 e. The average molecular weight is 418 g/mol. The van der Waals surface area contributed by atoms with E-state index in [2.05, 4.69) is 6.07 Å². The van der Waals surface area contributed by atoms with E-state index in [-0.39, 0.29) is 17.9 Å². The van der Waals surface area contributed by atoms with E-state index in [9.17, 15) is 14.9 Å². The molecule has 0 spiro atoms. The summed E-state index contributed by atoms with van der Waals surface area (Å²) in [4.78, 5) is 27.1. The monoisotopic (exact) mass is 418 g/mol. The van der Waals surface area contributed by atoms with Gasteiger partial charge in [-0.1, -0.05) is 12.1 Å². The molecule has 31 heavy (non-hydrogen) atoms. The van der Waals surface area contributed by atoms with Crippen molar-refractivity contribution in [2.24, 2.45) is 0 Å². The van der Waals surface area contributed by atoms with Gasteiger partial charge < -0.3 is 14.2 Å². The molecule has 2 amide bonds. The molecule has 158 valence electrons. The number of rotatable bonds is 3.